The summed E-state index contributed by atoms with van der Waals surface area (Å²) in [6.45, 7) is 0.909. The molecule has 0 bridgehead atoms. The van der Waals surface area contributed by atoms with Crippen LogP contribution in [0.15, 0.2) is 30.6 Å². The molecule has 2 aromatic rings. The highest BCUT2D eigenvalue weighted by atomic mass is 15.4. The van der Waals surface area contributed by atoms with E-state index in [4.69, 9.17) is 5.84 Å². The molecule has 2 heterocycles. The maximum Gasteiger partial charge on any atom is 0.0568 e. The molecular weight excluding hydrogens is 200 g/mol. The van der Waals surface area contributed by atoms with E-state index in [9.17, 15) is 0 Å². The molecule has 0 amide bonds. The first-order valence-corrected chi connectivity index (χ1v) is 5.38. The van der Waals surface area contributed by atoms with Gasteiger partial charge in [-0.15, -0.1) is 0 Å². The monoisotopic (exact) mass is 214 g/mol. The van der Waals surface area contributed by atoms with E-state index in [1.165, 1.54) is 11.1 Å². The van der Waals surface area contributed by atoms with Crippen molar-refractivity contribution >= 4 is 5.69 Å². The summed E-state index contributed by atoms with van der Waals surface area (Å²) in [7, 11) is 1.93. The summed E-state index contributed by atoms with van der Waals surface area (Å²) >= 11 is 0. The van der Waals surface area contributed by atoms with E-state index in [1.807, 2.05) is 29.1 Å². The molecule has 82 valence electrons. The Balaban J connectivity index is 2.05. The van der Waals surface area contributed by atoms with Crippen LogP contribution in [0.3, 0.4) is 0 Å². The predicted octanol–water partition coefficient (Wildman–Crippen LogP) is 1.32. The fraction of sp³-hybridized carbons (Fsp3) is 0.250. The molecule has 0 saturated carbocycles. The van der Waals surface area contributed by atoms with Crippen LogP contribution in [-0.2, 0) is 13.5 Å². The zero-order chi connectivity index (χ0) is 11.1. The van der Waals surface area contributed by atoms with Crippen LogP contribution in [0.5, 0.6) is 0 Å². The number of benzene rings is 1. The minimum atomic E-state index is 0.909. The van der Waals surface area contributed by atoms with Crippen LogP contribution in [0.4, 0.5) is 5.69 Å². The summed E-state index contributed by atoms with van der Waals surface area (Å²) in [5, 5.41) is 5.99. The molecule has 0 fully saturated rings. The number of hydrazine groups is 1. The quantitative estimate of drug-likeness (QED) is 0.728. The zero-order valence-electron chi connectivity index (χ0n) is 9.22. The number of nitrogens with two attached hydrogens (primary N) is 1. The van der Waals surface area contributed by atoms with Crippen LogP contribution in [0.2, 0.25) is 0 Å². The Labute approximate surface area is 94.3 Å². The maximum atomic E-state index is 5.86. The summed E-state index contributed by atoms with van der Waals surface area (Å²) in [5.74, 6) is 5.86. The van der Waals surface area contributed by atoms with E-state index in [-0.39, 0.29) is 0 Å². The van der Waals surface area contributed by atoms with E-state index < -0.39 is 0 Å². The second-order valence-electron chi connectivity index (χ2n) is 4.19. The summed E-state index contributed by atoms with van der Waals surface area (Å²) < 4.78 is 1.82. The second kappa shape index (κ2) is 3.35. The fourth-order valence-corrected chi connectivity index (χ4v) is 2.18. The number of nitrogens with zero attached hydrogens (tertiary/aromatic N) is 3. The number of aromatic nitrogens is 2. The van der Waals surface area contributed by atoms with Gasteiger partial charge in [0, 0.05) is 25.4 Å². The van der Waals surface area contributed by atoms with Crippen LogP contribution in [0.1, 0.15) is 5.56 Å². The molecule has 0 spiro atoms. The summed E-state index contributed by atoms with van der Waals surface area (Å²) in [6, 6.07) is 6.39. The van der Waals surface area contributed by atoms with Gasteiger partial charge in [0.05, 0.1) is 11.9 Å². The van der Waals surface area contributed by atoms with Crippen molar-refractivity contribution in [1.82, 2.24) is 9.78 Å². The van der Waals surface area contributed by atoms with E-state index in [0.717, 1.165) is 24.2 Å². The van der Waals surface area contributed by atoms with E-state index in [2.05, 4.69) is 23.3 Å². The van der Waals surface area contributed by atoms with Crippen molar-refractivity contribution in [2.45, 2.75) is 6.42 Å². The third kappa shape index (κ3) is 1.39. The first kappa shape index (κ1) is 9.42. The minimum Gasteiger partial charge on any atom is -0.310 e. The molecule has 0 atom stereocenters. The Morgan fingerprint density at radius 1 is 1.31 bits per heavy atom. The average Bonchev–Trinajstić information content (AvgIpc) is 2.86. The summed E-state index contributed by atoms with van der Waals surface area (Å²) in [6.07, 6.45) is 4.94. The van der Waals surface area contributed by atoms with Gasteiger partial charge in [0.15, 0.2) is 0 Å². The lowest BCUT2D eigenvalue weighted by Crippen LogP contribution is -2.27. The molecule has 2 N–H and O–H groups in total. The van der Waals surface area contributed by atoms with Crippen LogP contribution in [0, 0.1) is 0 Å². The van der Waals surface area contributed by atoms with Crippen LogP contribution >= 0.6 is 0 Å². The van der Waals surface area contributed by atoms with Crippen molar-refractivity contribution in [3.8, 4) is 11.1 Å². The maximum absolute atomic E-state index is 5.86. The first-order chi connectivity index (χ1) is 7.74. The van der Waals surface area contributed by atoms with Crippen molar-refractivity contribution in [2.24, 2.45) is 12.9 Å². The zero-order valence-corrected chi connectivity index (χ0v) is 9.22. The van der Waals surface area contributed by atoms with Gasteiger partial charge in [-0.1, -0.05) is 6.07 Å². The normalized spacial score (nSPS) is 14.2. The van der Waals surface area contributed by atoms with Crippen molar-refractivity contribution in [3.63, 3.8) is 0 Å². The predicted molar refractivity (Wildman–Crippen MR) is 63.9 cm³/mol. The van der Waals surface area contributed by atoms with Crippen molar-refractivity contribution in [1.29, 1.82) is 0 Å². The highest BCUT2D eigenvalue weighted by Crippen LogP contribution is 2.30. The van der Waals surface area contributed by atoms with Gasteiger partial charge in [-0.2, -0.15) is 5.10 Å². The van der Waals surface area contributed by atoms with Crippen molar-refractivity contribution < 1.29 is 0 Å². The largest absolute Gasteiger partial charge is 0.310 e. The first-order valence-electron chi connectivity index (χ1n) is 5.38. The van der Waals surface area contributed by atoms with Gasteiger partial charge >= 0.3 is 0 Å². The lowest BCUT2D eigenvalue weighted by Gasteiger charge is -2.11. The summed E-state index contributed by atoms with van der Waals surface area (Å²) in [4.78, 5) is 0. The van der Waals surface area contributed by atoms with Crippen molar-refractivity contribution in [3.05, 3.63) is 36.2 Å². The van der Waals surface area contributed by atoms with Gasteiger partial charge in [-0.3, -0.25) is 4.68 Å². The molecule has 0 aliphatic carbocycles. The smallest absolute Gasteiger partial charge is 0.0568 e. The second-order valence-corrected chi connectivity index (χ2v) is 4.19. The minimum absolute atomic E-state index is 0.909. The average molecular weight is 214 g/mol. The Kier molecular flexibility index (Phi) is 1.97. The number of hydrogen-bond donors (Lipinski definition) is 1. The van der Waals surface area contributed by atoms with E-state index in [0.29, 0.717) is 0 Å². The van der Waals surface area contributed by atoms with Gasteiger partial charge < -0.3 is 5.01 Å². The molecule has 1 aliphatic heterocycles. The SMILES string of the molecule is Cn1cc(-c2ccc3c(c2)CCN3N)cn1. The molecule has 1 aliphatic rings. The van der Waals surface area contributed by atoms with E-state index in [1.54, 1.807) is 0 Å². The summed E-state index contributed by atoms with van der Waals surface area (Å²) in [5.41, 5.74) is 4.83. The topological polar surface area (TPSA) is 47.1 Å². The highest BCUT2D eigenvalue weighted by Gasteiger charge is 2.16. The van der Waals surface area contributed by atoms with Gasteiger partial charge in [0.25, 0.3) is 0 Å². The molecule has 1 aromatic carbocycles. The van der Waals surface area contributed by atoms with Crippen LogP contribution < -0.4 is 10.9 Å². The Morgan fingerprint density at radius 2 is 2.19 bits per heavy atom. The van der Waals surface area contributed by atoms with Crippen molar-refractivity contribution in [2.75, 3.05) is 11.6 Å². The molecule has 3 rings (SSSR count). The van der Waals surface area contributed by atoms with Gasteiger partial charge in [-0.05, 0) is 29.7 Å². The van der Waals surface area contributed by atoms with Gasteiger partial charge in [0.2, 0.25) is 0 Å². The Hall–Kier alpha value is -1.81. The van der Waals surface area contributed by atoms with E-state index >= 15 is 0 Å². The van der Waals surface area contributed by atoms with Gasteiger partial charge in [-0.25, -0.2) is 5.84 Å². The molecule has 0 radical (unpaired) electrons. The molecule has 4 heteroatoms. The number of aryl methyl sites for hydroxylation is 1. The lowest BCUT2D eigenvalue weighted by atomic mass is 10.0. The lowest BCUT2D eigenvalue weighted by molar-refractivity contribution is 0.768. The molecule has 0 unspecified atom stereocenters. The molecule has 4 nitrogen and oxygen atoms in total. The Bertz CT molecular complexity index is 530. The standard InChI is InChI=1S/C12H14N4/c1-15-8-11(7-14-15)9-2-3-12-10(6-9)4-5-16(12)13/h2-3,6-8H,4-5,13H2,1H3. The number of fused-ring (bicyclic) bond motifs is 1. The third-order valence-corrected chi connectivity index (χ3v) is 3.05. The number of rotatable bonds is 1. The van der Waals surface area contributed by atoms with Crippen LogP contribution in [-0.4, -0.2) is 16.3 Å². The third-order valence-electron chi connectivity index (χ3n) is 3.05. The molecule has 1 aromatic heterocycles. The number of anilines is 1. The Morgan fingerprint density at radius 3 is 2.94 bits per heavy atom. The molecule has 16 heavy (non-hydrogen) atoms. The fourth-order valence-electron chi connectivity index (χ4n) is 2.18. The molecular formula is C12H14N4. The van der Waals surface area contributed by atoms with Gasteiger partial charge in [0.1, 0.15) is 0 Å². The number of hydrogen-bond acceptors (Lipinski definition) is 3. The van der Waals surface area contributed by atoms with Crippen LogP contribution in [0.25, 0.3) is 11.1 Å². The highest BCUT2D eigenvalue weighted by molar-refractivity contribution is 5.69. The molecule has 0 saturated heterocycles.